The van der Waals surface area contributed by atoms with Crippen molar-refractivity contribution < 1.29 is 32.1 Å². The van der Waals surface area contributed by atoms with Gasteiger partial charge in [0.05, 0.1) is 5.69 Å². The molecule has 0 amide bonds. The Hall–Kier alpha value is -3.10. The fraction of sp³-hybridized carbons (Fsp3) is 0.455. The highest BCUT2D eigenvalue weighted by atomic mass is 32.1. The Morgan fingerprint density at radius 3 is 2.50 bits per heavy atom. The fourth-order valence-electron chi connectivity index (χ4n) is 4.14. The number of aromatic nitrogens is 4. The predicted octanol–water partition coefficient (Wildman–Crippen LogP) is 4.62. The van der Waals surface area contributed by atoms with Crippen LogP contribution in [0.25, 0.3) is 0 Å². The summed E-state index contributed by atoms with van der Waals surface area (Å²) in [5.74, 6) is -1.14. The molecule has 1 aromatic carbocycles. The zero-order valence-electron chi connectivity index (χ0n) is 19.1. The number of nitrogens with one attached hydrogen (secondary N) is 2. The van der Waals surface area contributed by atoms with Gasteiger partial charge in [-0.1, -0.05) is 11.3 Å². The molecule has 4 rings (SSSR count). The van der Waals surface area contributed by atoms with Gasteiger partial charge in [0, 0.05) is 30.8 Å². The van der Waals surface area contributed by atoms with Gasteiger partial charge in [-0.25, -0.2) is 4.39 Å². The molecule has 36 heavy (non-hydrogen) atoms. The van der Waals surface area contributed by atoms with Crippen LogP contribution in [0.3, 0.4) is 0 Å². The van der Waals surface area contributed by atoms with Crippen molar-refractivity contribution in [1.29, 1.82) is 0 Å². The number of methoxy groups -OCH3 is 1. The van der Waals surface area contributed by atoms with Crippen LogP contribution in [-0.4, -0.2) is 51.2 Å². The Kier molecular flexibility index (Phi) is 8.16. The molecule has 0 radical (unpaired) electrons. The van der Waals surface area contributed by atoms with Gasteiger partial charge in [0.15, 0.2) is 6.23 Å². The summed E-state index contributed by atoms with van der Waals surface area (Å²) >= 11 is 1.14. The molecule has 2 atom stereocenters. The molecule has 3 N–H and O–H groups in total. The number of rotatable bonds is 9. The molecule has 1 aliphatic carbocycles. The predicted molar refractivity (Wildman–Crippen MR) is 123 cm³/mol. The van der Waals surface area contributed by atoms with Crippen LogP contribution in [0.1, 0.15) is 49.0 Å². The van der Waals surface area contributed by atoms with Gasteiger partial charge in [0.1, 0.15) is 17.7 Å². The number of ether oxygens (including phenoxy) is 2. The normalized spacial score (nSPS) is 19.9. The molecule has 1 aliphatic rings. The number of anilines is 2. The van der Waals surface area contributed by atoms with Gasteiger partial charge in [-0.2, -0.15) is 10.2 Å². The average molecular weight is 529 g/mol. The first-order valence-corrected chi connectivity index (χ1v) is 11.9. The van der Waals surface area contributed by atoms with E-state index < -0.39 is 30.3 Å². The van der Waals surface area contributed by atoms with Gasteiger partial charge in [-0.3, -0.25) is 0 Å². The summed E-state index contributed by atoms with van der Waals surface area (Å²) in [5, 5.41) is 33.5. The van der Waals surface area contributed by atoms with E-state index in [2.05, 4.69) is 35.8 Å². The molecule has 0 spiro atoms. The van der Waals surface area contributed by atoms with E-state index in [-0.39, 0.29) is 16.7 Å². The maximum absolute atomic E-state index is 14.3. The lowest BCUT2D eigenvalue weighted by Crippen LogP contribution is -2.29. The summed E-state index contributed by atoms with van der Waals surface area (Å²) < 4.78 is 60.9. The first-order chi connectivity index (χ1) is 17.2. The second-order valence-corrected chi connectivity index (χ2v) is 9.21. The van der Waals surface area contributed by atoms with E-state index in [0.29, 0.717) is 11.0 Å². The molecule has 0 aliphatic heterocycles. The second-order valence-electron chi connectivity index (χ2n) is 8.23. The fourth-order valence-corrected chi connectivity index (χ4v) is 4.90. The molecular formula is C22H24F4N6O3S. The van der Waals surface area contributed by atoms with Crippen molar-refractivity contribution in [3.8, 4) is 5.75 Å². The molecule has 0 saturated heterocycles. The van der Waals surface area contributed by atoms with Crippen molar-refractivity contribution in [2.45, 2.75) is 56.3 Å². The molecule has 2 aromatic heterocycles. The maximum atomic E-state index is 14.3. The Morgan fingerprint density at radius 1 is 1.08 bits per heavy atom. The summed E-state index contributed by atoms with van der Waals surface area (Å²) in [7, 11) is 1.19. The van der Waals surface area contributed by atoms with Crippen molar-refractivity contribution in [3.63, 3.8) is 0 Å². The monoisotopic (exact) mass is 528 g/mol. The Labute approximate surface area is 207 Å². The summed E-state index contributed by atoms with van der Waals surface area (Å²) in [6, 6.07) is 6.53. The van der Waals surface area contributed by atoms with Gasteiger partial charge in [-0.15, -0.1) is 23.4 Å². The second kappa shape index (κ2) is 11.3. The van der Waals surface area contributed by atoms with E-state index in [4.69, 9.17) is 4.74 Å². The minimum Gasteiger partial charge on any atom is -0.406 e. The summed E-state index contributed by atoms with van der Waals surface area (Å²) in [6.45, 7) is 0. The van der Waals surface area contributed by atoms with E-state index in [1.807, 2.05) is 12.1 Å². The van der Waals surface area contributed by atoms with Crippen molar-refractivity contribution in [3.05, 3.63) is 53.6 Å². The van der Waals surface area contributed by atoms with Gasteiger partial charge >= 0.3 is 6.36 Å². The van der Waals surface area contributed by atoms with E-state index in [9.17, 15) is 22.7 Å². The van der Waals surface area contributed by atoms with E-state index in [1.54, 1.807) is 6.20 Å². The lowest BCUT2D eigenvalue weighted by Gasteiger charge is -2.28. The zero-order valence-corrected chi connectivity index (χ0v) is 19.9. The van der Waals surface area contributed by atoms with Crippen molar-refractivity contribution >= 4 is 21.6 Å². The number of alkyl halides is 3. The minimum atomic E-state index is -4.95. The van der Waals surface area contributed by atoms with E-state index in [0.717, 1.165) is 60.9 Å². The van der Waals surface area contributed by atoms with Gasteiger partial charge in [0.25, 0.3) is 0 Å². The lowest BCUT2D eigenvalue weighted by molar-refractivity contribution is -0.274. The van der Waals surface area contributed by atoms with Gasteiger partial charge in [-0.05, 0) is 56.0 Å². The SMILES string of the molecule is CO[C@H](c1cc(OC(F)(F)F)ccc1F)C(O)Nc1nnc(NC2CCC(c3cccnn3)CC2)s1. The first kappa shape index (κ1) is 26.0. The molecule has 14 heteroatoms. The standard InChI is InChI=1S/C22H24F4N6O3S/c1-34-18(15-11-14(8-9-16(15)23)35-22(24,25)26)19(33)29-21-32-31-20(36-21)28-13-6-4-12(5-7-13)17-3-2-10-27-30-17/h2-3,8-13,18-19,33H,4-7H2,1H3,(H,28,31)(H,29,32)/t12?,13?,18-,19?/m1/s1. The average Bonchev–Trinajstić information content (AvgIpc) is 3.28. The third-order valence-electron chi connectivity index (χ3n) is 5.81. The molecule has 1 fully saturated rings. The van der Waals surface area contributed by atoms with Crippen LogP contribution in [0.2, 0.25) is 0 Å². The van der Waals surface area contributed by atoms with Crippen LogP contribution in [0.15, 0.2) is 36.5 Å². The number of hydrogen-bond acceptors (Lipinski definition) is 10. The molecule has 1 saturated carbocycles. The molecule has 9 nitrogen and oxygen atoms in total. The Balaban J connectivity index is 1.34. The largest absolute Gasteiger partial charge is 0.573 e. The number of halogens is 4. The molecule has 1 unspecified atom stereocenters. The topological polar surface area (TPSA) is 114 Å². The third kappa shape index (κ3) is 6.77. The number of aliphatic hydroxyl groups is 1. The zero-order chi connectivity index (χ0) is 25.7. The molecule has 3 aromatic rings. The smallest absolute Gasteiger partial charge is 0.406 e. The number of aliphatic hydroxyl groups excluding tert-OH is 1. The number of benzene rings is 1. The van der Waals surface area contributed by atoms with Crippen LogP contribution in [0, 0.1) is 5.82 Å². The van der Waals surface area contributed by atoms with Crippen molar-refractivity contribution in [1.82, 2.24) is 20.4 Å². The highest BCUT2D eigenvalue weighted by molar-refractivity contribution is 7.19. The Bertz CT molecular complexity index is 1130. The maximum Gasteiger partial charge on any atom is 0.573 e. The third-order valence-corrected chi connectivity index (χ3v) is 6.60. The molecule has 2 heterocycles. The first-order valence-electron chi connectivity index (χ1n) is 11.1. The van der Waals surface area contributed by atoms with Crippen LogP contribution >= 0.6 is 11.3 Å². The van der Waals surface area contributed by atoms with Crippen LogP contribution in [0.5, 0.6) is 5.75 Å². The Morgan fingerprint density at radius 2 is 1.83 bits per heavy atom. The van der Waals surface area contributed by atoms with Gasteiger partial charge in [0.2, 0.25) is 10.3 Å². The van der Waals surface area contributed by atoms with Crippen LogP contribution in [-0.2, 0) is 4.74 Å². The van der Waals surface area contributed by atoms with Crippen molar-refractivity contribution in [2.75, 3.05) is 17.7 Å². The molecule has 0 bridgehead atoms. The quantitative estimate of drug-likeness (QED) is 0.270. The lowest BCUT2D eigenvalue weighted by atomic mass is 9.84. The molecular weight excluding hydrogens is 504 g/mol. The summed E-state index contributed by atoms with van der Waals surface area (Å²) in [6.07, 6.45) is -2.44. The highest BCUT2D eigenvalue weighted by Crippen LogP contribution is 2.34. The minimum absolute atomic E-state index is 0.195. The van der Waals surface area contributed by atoms with Crippen molar-refractivity contribution in [2.24, 2.45) is 0 Å². The summed E-state index contributed by atoms with van der Waals surface area (Å²) in [4.78, 5) is 0. The molecule has 194 valence electrons. The van der Waals surface area contributed by atoms with E-state index in [1.165, 1.54) is 7.11 Å². The van der Waals surface area contributed by atoms with Crippen LogP contribution in [0.4, 0.5) is 27.8 Å². The highest BCUT2D eigenvalue weighted by Gasteiger charge is 2.33. The number of nitrogens with zero attached hydrogens (tertiary/aromatic N) is 4. The summed E-state index contributed by atoms with van der Waals surface area (Å²) in [5.41, 5.74) is 0.675. The number of hydrogen-bond donors (Lipinski definition) is 3. The van der Waals surface area contributed by atoms with E-state index >= 15 is 0 Å². The van der Waals surface area contributed by atoms with Gasteiger partial charge < -0.3 is 25.2 Å². The van der Waals surface area contributed by atoms with Crippen LogP contribution < -0.4 is 15.4 Å².